The maximum absolute atomic E-state index is 13.2. The lowest BCUT2D eigenvalue weighted by molar-refractivity contribution is -0.146. The van der Waals surface area contributed by atoms with Crippen LogP contribution in [0.1, 0.15) is 61.6 Å². The molecular formula is C20H29N3O2. The molecule has 1 N–H and O–H groups in total. The number of nitrogens with one attached hydrogen (secondary N) is 1. The lowest BCUT2D eigenvalue weighted by Crippen LogP contribution is -2.52. The molecule has 1 atom stereocenters. The van der Waals surface area contributed by atoms with Crippen LogP contribution in [0.2, 0.25) is 0 Å². The van der Waals surface area contributed by atoms with Crippen LogP contribution in [0.5, 0.6) is 0 Å². The van der Waals surface area contributed by atoms with Crippen LogP contribution < -0.4 is 0 Å². The molecule has 5 heteroatoms. The Morgan fingerprint density at radius 2 is 2.08 bits per heavy atom. The topological polar surface area (TPSA) is 56.4 Å². The summed E-state index contributed by atoms with van der Waals surface area (Å²) in [5.74, 6) is 1.06. The molecule has 2 aliphatic heterocycles. The number of carbonyl (C=O) groups is 2. The van der Waals surface area contributed by atoms with Gasteiger partial charge in [0.15, 0.2) is 0 Å². The van der Waals surface area contributed by atoms with E-state index in [2.05, 4.69) is 16.8 Å². The first kappa shape index (κ1) is 16.7. The number of rotatable bonds is 4. The molecule has 1 spiro atoms. The average Bonchev–Trinajstić information content (AvgIpc) is 3.22. The molecule has 3 aliphatic rings. The Morgan fingerprint density at radius 3 is 2.76 bits per heavy atom. The SMILES string of the molecule is CCc1ccc(C(=O)N2CCC3(CCCN(CC4CCC4)C3=O)C2)[nH]1. The Hall–Kier alpha value is -1.78. The highest BCUT2D eigenvalue weighted by Gasteiger charge is 2.49. The number of amides is 2. The van der Waals surface area contributed by atoms with Crippen molar-refractivity contribution < 1.29 is 9.59 Å². The molecule has 4 rings (SSSR count). The van der Waals surface area contributed by atoms with Crippen molar-refractivity contribution in [3.05, 3.63) is 23.5 Å². The molecule has 1 aliphatic carbocycles. The van der Waals surface area contributed by atoms with Crippen molar-refractivity contribution >= 4 is 11.8 Å². The van der Waals surface area contributed by atoms with E-state index in [9.17, 15) is 9.59 Å². The molecule has 2 amide bonds. The van der Waals surface area contributed by atoms with Gasteiger partial charge in [-0.15, -0.1) is 0 Å². The van der Waals surface area contributed by atoms with Gasteiger partial charge < -0.3 is 14.8 Å². The zero-order valence-electron chi connectivity index (χ0n) is 15.2. The lowest BCUT2D eigenvalue weighted by atomic mass is 9.77. The zero-order chi connectivity index (χ0) is 17.4. The predicted molar refractivity (Wildman–Crippen MR) is 96.3 cm³/mol. The van der Waals surface area contributed by atoms with Gasteiger partial charge in [0.2, 0.25) is 5.91 Å². The molecule has 5 nitrogen and oxygen atoms in total. The van der Waals surface area contributed by atoms with Crippen molar-refractivity contribution in [2.24, 2.45) is 11.3 Å². The minimum atomic E-state index is -0.322. The van der Waals surface area contributed by atoms with Crippen LogP contribution in [0, 0.1) is 11.3 Å². The molecule has 1 aromatic heterocycles. The summed E-state index contributed by atoms with van der Waals surface area (Å²) in [6.07, 6.45) is 7.58. The zero-order valence-corrected chi connectivity index (χ0v) is 15.2. The Morgan fingerprint density at radius 1 is 1.24 bits per heavy atom. The summed E-state index contributed by atoms with van der Waals surface area (Å²) < 4.78 is 0. The van der Waals surface area contributed by atoms with Crippen molar-refractivity contribution in [1.82, 2.24) is 14.8 Å². The molecule has 1 aromatic rings. The fourth-order valence-corrected chi connectivity index (χ4v) is 4.68. The Balaban J connectivity index is 1.44. The largest absolute Gasteiger partial charge is 0.354 e. The molecule has 25 heavy (non-hydrogen) atoms. The molecule has 0 bridgehead atoms. The molecular weight excluding hydrogens is 314 g/mol. The first-order chi connectivity index (χ1) is 12.1. The second kappa shape index (κ2) is 6.50. The molecule has 3 fully saturated rings. The molecule has 1 unspecified atom stereocenters. The van der Waals surface area contributed by atoms with Gasteiger partial charge in [-0.3, -0.25) is 9.59 Å². The highest BCUT2D eigenvalue weighted by atomic mass is 16.2. The average molecular weight is 343 g/mol. The van der Waals surface area contributed by atoms with Gasteiger partial charge in [0.05, 0.1) is 5.41 Å². The quantitative estimate of drug-likeness (QED) is 0.914. The molecule has 1 saturated carbocycles. The smallest absolute Gasteiger partial charge is 0.270 e. The number of aromatic nitrogens is 1. The van der Waals surface area contributed by atoms with Crippen LogP contribution >= 0.6 is 0 Å². The first-order valence-electron chi connectivity index (χ1n) is 9.88. The van der Waals surface area contributed by atoms with E-state index in [1.165, 1.54) is 19.3 Å². The van der Waals surface area contributed by atoms with Gasteiger partial charge in [-0.25, -0.2) is 0 Å². The van der Waals surface area contributed by atoms with E-state index >= 15 is 0 Å². The van der Waals surface area contributed by atoms with E-state index in [0.29, 0.717) is 30.6 Å². The van der Waals surface area contributed by atoms with E-state index < -0.39 is 0 Å². The summed E-state index contributed by atoms with van der Waals surface area (Å²) in [4.78, 5) is 33.1. The minimum Gasteiger partial charge on any atom is -0.354 e. The van der Waals surface area contributed by atoms with Gasteiger partial charge in [0.1, 0.15) is 5.69 Å². The predicted octanol–water partition coefficient (Wildman–Crippen LogP) is 2.83. The number of aromatic amines is 1. The van der Waals surface area contributed by atoms with Crippen molar-refractivity contribution in [3.63, 3.8) is 0 Å². The Kier molecular flexibility index (Phi) is 4.34. The van der Waals surface area contributed by atoms with Crippen LogP contribution in [0.3, 0.4) is 0 Å². The summed E-state index contributed by atoms with van der Waals surface area (Å²) in [6, 6.07) is 3.85. The molecule has 2 saturated heterocycles. The van der Waals surface area contributed by atoms with Crippen LogP contribution in [0.25, 0.3) is 0 Å². The first-order valence-corrected chi connectivity index (χ1v) is 9.88. The van der Waals surface area contributed by atoms with E-state index in [1.807, 2.05) is 17.0 Å². The fraction of sp³-hybridized carbons (Fsp3) is 0.700. The number of hydrogen-bond acceptors (Lipinski definition) is 2. The maximum atomic E-state index is 13.2. The number of nitrogens with zero attached hydrogens (tertiary/aromatic N) is 2. The number of carbonyl (C=O) groups excluding carboxylic acids is 2. The number of piperidine rings is 1. The highest BCUT2D eigenvalue weighted by molar-refractivity contribution is 5.94. The van der Waals surface area contributed by atoms with Crippen molar-refractivity contribution in [1.29, 1.82) is 0 Å². The lowest BCUT2D eigenvalue weighted by Gasteiger charge is -2.42. The molecule has 0 radical (unpaired) electrons. The van der Waals surface area contributed by atoms with Gasteiger partial charge in [0.25, 0.3) is 5.91 Å². The third-order valence-corrected chi connectivity index (χ3v) is 6.53. The van der Waals surface area contributed by atoms with E-state index in [0.717, 1.165) is 44.5 Å². The van der Waals surface area contributed by atoms with Gasteiger partial charge >= 0.3 is 0 Å². The number of H-pyrrole nitrogens is 1. The van der Waals surface area contributed by atoms with E-state index in [-0.39, 0.29) is 11.3 Å². The third kappa shape index (κ3) is 2.98. The van der Waals surface area contributed by atoms with Gasteiger partial charge in [-0.1, -0.05) is 13.3 Å². The standard InChI is InChI=1S/C20H29N3O2/c1-2-16-7-8-17(21-16)18(24)23-12-10-20(14-23)9-4-11-22(19(20)25)13-15-5-3-6-15/h7-8,15,21H,2-6,9-14H2,1H3. The second-order valence-electron chi connectivity index (χ2n) is 8.16. The summed E-state index contributed by atoms with van der Waals surface area (Å²) in [5.41, 5.74) is 1.42. The minimum absolute atomic E-state index is 0.0421. The number of aryl methyl sites for hydroxylation is 1. The van der Waals surface area contributed by atoms with Crippen molar-refractivity contribution in [2.45, 2.75) is 51.9 Å². The fourth-order valence-electron chi connectivity index (χ4n) is 4.68. The summed E-state index contributed by atoms with van der Waals surface area (Å²) in [6.45, 7) is 5.20. The van der Waals surface area contributed by atoms with Crippen LogP contribution in [-0.2, 0) is 11.2 Å². The molecule has 136 valence electrons. The molecule has 3 heterocycles. The van der Waals surface area contributed by atoms with Crippen molar-refractivity contribution in [3.8, 4) is 0 Å². The van der Waals surface area contributed by atoms with Crippen LogP contribution in [0.4, 0.5) is 0 Å². The second-order valence-corrected chi connectivity index (χ2v) is 8.16. The van der Waals surface area contributed by atoms with Crippen molar-refractivity contribution in [2.75, 3.05) is 26.2 Å². The van der Waals surface area contributed by atoms with Crippen LogP contribution in [-0.4, -0.2) is 52.8 Å². The monoisotopic (exact) mass is 343 g/mol. The number of likely N-dealkylation sites (tertiary alicyclic amines) is 2. The van der Waals surface area contributed by atoms with E-state index in [1.54, 1.807) is 0 Å². The maximum Gasteiger partial charge on any atom is 0.270 e. The number of hydrogen-bond donors (Lipinski definition) is 1. The highest BCUT2D eigenvalue weighted by Crippen LogP contribution is 2.41. The normalized spacial score (nSPS) is 27.2. The Bertz CT molecular complexity index is 664. The van der Waals surface area contributed by atoms with Gasteiger partial charge in [-0.05, 0) is 56.6 Å². The summed E-state index contributed by atoms with van der Waals surface area (Å²) in [5, 5.41) is 0. The van der Waals surface area contributed by atoms with Gasteiger partial charge in [0, 0.05) is 31.9 Å². The van der Waals surface area contributed by atoms with Gasteiger partial charge in [-0.2, -0.15) is 0 Å². The summed E-state index contributed by atoms with van der Waals surface area (Å²) in [7, 11) is 0. The van der Waals surface area contributed by atoms with E-state index in [4.69, 9.17) is 0 Å². The Labute approximate surface area is 149 Å². The summed E-state index contributed by atoms with van der Waals surface area (Å²) >= 11 is 0. The van der Waals surface area contributed by atoms with Crippen LogP contribution in [0.15, 0.2) is 12.1 Å². The molecule has 0 aromatic carbocycles. The third-order valence-electron chi connectivity index (χ3n) is 6.53.